The summed E-state index contributed by atoms with van der Waals surface area (Å²) in [4.78, 5) is 22.8. The van der Waals surface area contributed by atoms with Gasteiger partial charge in [0.05, 0.1) is 16.7 Å². The maximum atomic E-state index is 11.8. The Morgan fingerprint density at radius 3 is 1.49 bits per heavy atom. The molecule has 0 spiro atoms. The molecule has 196 valence electrons. The van der Waals surface area contributed by atoms with Crippen LogP contribution in [0.2, 0.25) is 0 Å². The zero-order valence-corrected chi connectivity index (χ0v) is 24.7. The van der Waals surface area contributed by atoms with Gasteiger partial charge in [0.2, 0.25) is 0 Å². The average molecular weight is 523 g/mol. The standard InChI is InChI=1S/C20H38O4.C6H6O3S.Na/c1-3-5-7-9-11-13-15-20(19(23)24,17-18(21)22)16-14-12-10-8-6-4-2;7-10(8,9)6-4-2-1-3-5-6;/h3-17H2,1-2H3,(H,21,22)(H,23,24);1-5H,(H,7,8,9);/q;;+1/p-1. The molecular formula is C26H43NaO7S. The molecule has 0 aliphatic carbocycles. The molecule has 1 aromatic carbocycles. The number of carbonyl (C=O) groups is 2. The van der Waals surface area contributed by atoms with Gasteiger partial charge in [-0.1, -0.05) is 109 Å². The van der Waals surface area contributed by atoms with E-state index in [4.69, 9.17) is 0 Å². The summed E-state index contributed by atoms with van der Waals surface area (Å²) in [6.07, 6.45) is 13.8. The third-order valence-electron chi connectivity index (χ3n) is 5.99. The van der Waals surface area contributed by atoms with Crippen LogP contribution in [0, 0.1) is 5.41 Å². The van der Waals surface area contributed by atoms with Crippen molar-refractivity contribution in [1.29, 1.82) is 0 Å². The molecule has 1 aromatic rings. The van der Waals surface area contributed by atoms with E-state index in [2.05, 4.69) is 13.8 Å². The molecule has 0 atom stereocenters. The number of unbranched alkanes of at least 4 members (excludes halogenated alkanes) is 10. The van der Waals surface area contributed by atoms with Crippen molar-refractivity contribution in [1.82, 2.24) is 0 Å². The minimum absolute atomic E-state index is 0. The molecule has 2 N–H and O–H groups in total. The van der Waals surface area contributed by atoms with Gasteiger partial charge < -0.3 is 14.8 Å². The van der Waals surface area contributed by atoms with Gasteiger partial charge in [0.15, 0.2) is 0 Å². The third kappa shape index (κ3) is 18.0. The van der Waals surface area contributed by atoms with Gasteiger partial charge in [-0.15, -0.1) is 0 Å². The zero-order chi connectivity index (χ0) is 25.9. The van der Waals surface area contributed by atoms with E-state index in [1.807, 2.05) is 0 Å². The molecule has 0 aliphatic heterocycles. The molecule has 0 radical (unpaired) electrons. The molecule has 0 heterocycles. The second-order valence-electron chi connectivity index (χ2n) is 8.96. The van der Waals surface area contributed by atoms with Crippen LogP contribution in [0.5, 0.6) is 0 Å². The number of hydrogen-bond acceptors (Lipinski definition) is 5. The molecule has 0 unspecified atom stereocenters. The van der Waals surface area contributed by atoms with Crippen molar-refractivity contribution >= 4 is 22.1 Å². The zero-order valence-electron chi connectivity index (χ0n) is 21.8. The van der Waals surface area contributed by atoms with Crippen molar-refractivity contribution in [2.75, 3.05) is 0 Å². The maximum Gasteiger partial charge on any atom is 1.00 e. The van der Waals surface area contributed by atoms with Gasteiger partial charge in [-0.05, 0) is 25.0 Å². The summed E-state index contributed by atoms with van der Waals surface area (Å²) in [5.74, 6) is -1.92. The van der Waals surface area contributed by atoms with E-state index in [0.29, 0.717) is 12.8 Å². The fourth-order valence-corrected chi connectivity index (χ4v) is 4.45. The van der Waals surface area contributed by atoms with E-state index in [1.54, 1.807) is 6.07 Å². The molecule has 35 heavy (non-hydrogen) atoms. The topological polar surface area (TPSA) is 132 Å². The van der Waals surface area contributed by atoms with Crippen LogP contribution >= 0.6 is 0 Å². The Balaban J connectivity index is 0. The van der Waals surface area contributed by atoms with Gasteiger partial charge in [-0.3, -0.25) is 9.59 Å². The third-order valence-corrected chi connectivity index (χ3v) is 6.84. The normalized spacial score (nSPS) is 11.2. The predicted octanol–water partition coefficient (Wildman–Crippen LogP) is 3.63. The molecule has 0 bridgehead atoms. The molecule has 9 heteroatoms. The van der Waals surface area contributed by atoms with Crippen LogP contribution in [-0.2, 0) is 19.7 Å². The SMILES string of the molecule is CCCCCCCCC(CCCCCCCC)(CC(=O)O)C(=O)O.O=S(=O)([O-])c1ccccc1.[Na+]. The Morgan fingerprint density at radius 2 is 1.17 bits per heavy atom. The summed E-state index contributed by atoms with van der Waals surface area (Å²) in [6, 6.07) is 7.19. The van der Waals surface area contributed by atoms with E-state index in [0.717, 1.165) is 38.5 Å². The molecule has 0 amide bonds. The summed E-state index contributed by atoms with van der Waals surface area (Å²) >= 11 is 0. The first-order valence-corrected chi connectivity index (χ1v) is 14.0. The Kier molecular flexibility index (Phi) is 21.9. The van der Waals surface area contributed by atoms with Crippen molar-refractivity contribution in [2.24, 2.45) is 5.41 Å². The fraction of sp³-hybridized carbons (Fsp3) is 0.692. The van der Waals surface area contributed by atoms with Crippen molar-refractivity contribution in [3.05, 3.63) is 30.3 Å². The minimum atomic E-state index is -4.25. The van der Waals surface area contributed by atoms with Gasteiger partial charge >= 0.3 is 41.5 Å². The van der Waals surface area contributed by atoms with Crippen molar-refractivity contribution in [3.63, 3.8) is 0 Å². The van der Waals surface area contributed by atoms with E-state index in [9.17, 15) is 32.8 Å². The summed E-state index contributed by atoms with van der Waals surface area (Å²) in [6.45, 7) is 4.34. The molecule has 7 nitrogen and oxygen atoms in total. The van der Waals surface area contributed by atoms with Crippen molar-refractivity contribution < 1.29 is 62.3 Å². The number of rotatable bonds is 18. The summed E-state index contributed by atoms with van der Waals surface area (Å²) in [5.41, 5.74) is -1.07. The van der Waals surface area contributed by atoms with Crippen molar-refractivity contribution in [3.8, 4) is 0 Å². The first kappa shape index (κ1) is 36.2. The van der Waals surface area contributed by atoms with Gasteiger partial charge in [0.25, 0.3) is 0 Å². The largest absolute Gasteiger partial charge is 1.00 e. The first-order valence-electron chi connectivity index (χ1n) is 12.5. The van der Waals surface area contributed by atoms with E-state index < -0.39 is 27.5 Å². The summed E-state index contributed by atoms with van der Waals surface area (Å²) in [7, 11) is -4.25. The minimum Gasteiger partial charge on any atom is -0.744 e. The van der Waals surface area contributed by atoms with Gasteiger partial charge in [-0.2, -0.15) is 0 Å². The molecule has 0 aromatic heterocycles. The van der Waals surface area contributed by atoms with E-state index in [1.165, 1.54) is 62.8 Å². The molecule has 0 aliphatic rings. The second-order valence-corrected chi connectivity index (χ2v) is 10.3. The summed E-state index contributed by atoms with van der Waals surface area (Å²) in [5, 5.41) is 18.9. The number of carboxylic acid groups (broad SMARTS) is 2. The fourth-order valence-electron chi connectivity index (χ4n) is 3.96. The molecule has 0 fully saturated rings. The van der Waals surface area contributed by atoms with Crippen LogP contribution in [0.3, 0.4) is 0 Å². The predicted molar refractivity (Wildman–Crippen MR) is 133 cm³/mol. The molecular weight excluding hydrogens is 479 g/mol. The Morgan fingerprint density at radius 1 is 0.771 bits per heavy atom. The Hall–Kier alpha value is -0.930. The number of benzene rings is 1. The first-order chi connectivity index (χ1) is 16.1. The maximum absolute atomic E-state index is 11.8. The van der Waals surface area contributed by atoms with Crippen LogP contribution in [0.25, 0.3) is 0 Å². The smallest absolute Gasteiger partial charge is 0.744 e. The quantitative estimate of drug-likeness (QED) is 0.171. The van der Waals surface area contributed by atoms with Gasteiger partial charge in [0.1, 0.15) is 10.1 Å². The van der Waals surface area contributed by atoms with Crippen LogP contribution in [0.4, 0.5) is 0 Å². The monoisotopic (exact) mass is 522 g/mol. The molecule has 0 saturated carbocycles. The van der Waals surface area contributed by atoms with Gasteiger partial charge in [-0.25, -0.2) is 8.42 Å². The van der Waals surface area contributed by atoms with Crippen LogP contribution in [0.15, 0.2) is 35.2 Å². The van der Waals surface area contributed by atoms with Gasteiger partial charge in [0, 0.05) is 0 Å². The Bertz CT molecular complexity index is 766. The average Bonchev–Trinajstić information content (AvgIpc) is 2.78. The molecule has 0 saturated heterocycles. The van der Waals surface area contributed by atoms with Crippen LogP contribution in [-0.4, -0.2) is 35.1 Å². The van der Waals surface area contributed by atoms with Crippen LogP contribution < -0.4 is 29.6 Å². The number of aliphatic carboxylic acids is 2. The Labute approximate surface area is 234 Å². The van der Waals surface area contributed by atoms with Crippen LogP contribution in [0.1, 0.15) is 110 Å². The number of carboxylic acids is 2. The number of hydrogen-bond donors (Lipinski definition) is 2. The van der Waals surface area contributed by atoms with Crippen molar-refractivity contribution in [2.45, 2.75) is 115 Å². The molecule has 1 rings (SSSR count). The second kappa shape index (κ2) is 21.2. The van der Waals surface area contributed by atoms with E-state index >= 15 is 0 Å². The summed E-state index contributed by atoms with van der Waals surface area (Å²) < 4.78 is 30.8. The van der Waals surface area contributed by atoms with E-state index in [-0.39, 0.29) is 40.9 Å².